The molecule has 148 valence electrons. The number of nitrogens with one attached hydrogen (secondary N) is 1. The Hall–Kier alpha value is -1.49. The molecule has 0 spiro atoms. The van der Waals surface area contributed by atoms with Gasteiger partial charge in [0.25, 0.3) is 0 Å². The summed E-state index contributed by atoms with van der Waals surface area (Å²) >= 11 is 12.5. The highest BCUT2D eigenvalue weighted by Gasteiger charge is 2.12. The zero-order valence-corrected chi connectivity index (χ0v) is 17.5. The van der Waals surface area contributed by atoms with Crippen molar-refractivity contribution in [1.82, 2.24) is 5.32 Å². The normalized spacial score (nSPS) is 11.1. The van der Waals surface area contributed by atoms with Crippen LogP contribution < -0.4 is 14.8 Å². The van der Waals surface area contributed by atoms with Gasteiger partial charge in [-0.15, -0.1) is 0 Å². The molecule has 1 N–H and O–H groups in total. The molecule has 0 atom stereocenters. The van der Waals surface area contributed by atoms with Crippen molar-refractivity contribution in [2.75, 3.05) is 13.2 Å². The molecule has 2 aromatic rings. The van der Waals surface area contributed by atoms with Gasteiger partial charge in [0.1, 0.15) is 12.4 Å². The smallest absolute Gasteiger partial charge is 0.163 e. The van der Waals surface area contributed by atoms with Crippen LogP contribution in [0, 0.1) is 11.7 Å². The van der Waals surface area contributed by atoms with Crippen molar-refractivity contribution in [3.8, 4) is 11.5 Å². The molecule has 0 saturated carbocycles. The Bertz CT molecular complexity index is 753. The number of ether oxygens (including phenoxy) is 2. The number of rotatable bonds is 10. The van der Waals surface area contributed by atoms with Crippen molar-refractivity contribution in [2.45, 2.75) is 40.3 Å². The van der Waals surface area contributed by atoms with E-state index in [9.17, 15) is 4.39 Å². The Balaban J connectivity index is 2.09. The Morgan fingerprint density at radius 1 is 1.00 bits per heavy atom. The number of hydrogen-bond acceptors (Lipinski definition) is 3. The Morgan fingerprint density at radius 2 is 1.70 bits per heavy atom. The van der Waals surface area contributed by atoms with Crippen molar-refractivity contribution in [3.05, 3.63) is 57.3 Å². The van der Waals surface area contributed by atoms with Gasteiger partial charge in [0.2, 0.25) is 0 Å². The molecular formula is C21H26Cl2FNO2. The van der Waals surface area contributed by atoms with Crippen molar-refractivity contribution in [3.63, 3.8) is 0 Å². The third kappa shape index (κ3) is 6.87. The summed E-state index contributed by atoms with van der Waals surface area (Å²) in [4.78, 5) is 0. The highest BCUT2D eigenvalue weighted by molar-refractivity contribution is 6.31. The Kier molecular flexibility index (Phi) is 8.68. The summed E-state index contributed by atoms with van der Waals surface area (Å²) < 4.78 is 24.7. The van der Waals surface area contributed by atoms with Crippen LogP contribution >= 0.6 is 23.2 Å². The molecule has 2 aromatic carbocycles. The summed E-state index contributed by atoms with van der Waals surface area (Å²) in [6, 6.07) is 7.88. The monoisotopic (exact) mass is 413 g/mol. The zero-order valence-electron chi connectivity index (χ0n) is 16.0. The van der Waals surface area contributed by atoms with Gasteiger partial charge in [-0.2, -0.15) is 0 Å². The second kappa shape index (κ2) is 10.7. The summed E-state index contributed by atoms with van der Waals surface area (Å²) in [5.74, 6) is 1.44. The summed E-state index contributed by atoms with van der Waals surface area (Å²) in [7, 11) is 0. The van der Waals surface area contributed by atoms with Crippen molar-refractivity contribution in [2.24, 2.45) is 5.92 Å². The lowest BCUT2D eigenvalue weighted by molar-refractivity contribution is 0.269. The largest absolute Gasteiger partial charge is 0.490 e. The fraction of sp³-hybridized carbons (Fsp3) is 0.429. The van der Waals surface area contributed by atoms with Gasteiger partial charge in [0.05, 0.1) is 11.6 Å². The van der Waals surface area contributed by atoms with E-state index < -0.39 is 0 Å². The van der Waals surface area contributed by atoms with E-state index in [1.54, 1.807) is 12.1 Å². The van der Waals surface area contributed by atoms with Gasteiger partial charge < -0.3 is 14.8 Å². The van der Waals surface area contributed by atoms with Gasteiger partial charge in [0, 0.05) is 23.2 Å². The van der Waals surface area contributed by atoms with Gasteiger partial charge in [-0.05, 0) is 49.6 Å². The molecule has 2 rings (SSSR count). The maximum Gasteiger partial charge on any atom is 0.163 e. The first-order valence-corrected chi connectivity index (χ1v) is 9.89. The minimum absolute atomic E-state index is 0.196. The molecule has 0 aliphatic heterocycles. The lowest BCUT2D eigenvalue weighted by atomic mass is 10.1. The first kappa shape index (κ1) is 21.8. The fourth-order valence-corrected chi connectivity index (χ4v) is 2.94. The molecule has 0 aliphatic rings. The van der Waals surface area contributed by atoms with E-state index in [0.717, 1.165) is 18.5 Å². The number of benzene rings is 2. The van der Waals surface area contributed by atoms with E-state index in [2.05, 4.69) is 19.2 Å². The quantitative estimate of drug-likeness (QED) is 0.467. The lowest BCUT2D eigenvalue weighted by Gasteiger charge is -2.16. The van der Waals surface area contributed by atoms with Crippen LogP contribution in [0.5, 0.6) is 11.5 Å². The molecule has 0 aromatic heterocycles. The number of halogens is 3. The molecule has 0 bridgehead atoms. The summed E-state index contributed by atoms with van der Waals surface area (Å²) in [5.41, 5.74) is 1.65. The van der Waals surface area contributed by atoms with E-state index in [1.807, 2.05) is 13.0 Å². The second-order valence-electron chi connectivity index (χ2n) is 6.71. The molecule has 0 amide bonds. The number of hydrogen-bond donors (Lipinski definition) is 1. The second-order valence-corrected chi connectivity index (χ2v) is 7.52. The molecular weight excluding hydrogens is 388 g/mol. The average Bonchev–Trinajstić information content (AvgIpc) is 2.60. The first-order valence-electron chi connectivity index (χ1n) is 9.13. The van der Waals surface area contributed by atoms with Crippen molar-refractivity contribution in [1.29, 1.82) is 0 Å². The maximum atomic E-state index is 13.2. The third-order valence-electron chi connectivity index (χ3n) is 4.02. The van der Waals surface area contributed by atoms with Crippen molar-refractivity contribution >= 4 is 23.2 Å². The fourth-order valence-electron chi connectivity index (χ4n) is 2.50. The maximum absolute atomic E-state index is 13.2. The van der Waals surface area contributed by atoms with Crippen LogP contribution in [-0.4, -0.2) is 13.2 Å². The summed E-state index contributed by atoms with van der Waals surface area (Å²) in [5, 5.41) is 4.33. The molecule has 0 fully saturated rings. The molecule has 3 nitrogen and oxygen atoms in total. The van der Waals surface area contributed by atoms with Crippen LogP contribution in [0.3, 0.4) is 0 Å². The highest BCUT2D eigenvalue weighted by atomic mass is 35.5. The SMILES string of the molecule is CCOc1cc(CNCCC(C)C)c(Cl)cc1OCc1ccc(F)cc1Cl. The van der Waals surface area contributed by atoms with E-state index >= 15 is 0 Å². The van der Waals surface area contributed by atoms with Crippen LogP contribution in [0.25, 0.3) is 0 Å². The molecule has 0 aliphatic carbocycles. The molecule has 0 saturated heterocycles. The van der Waals surface area contributed by atoms with Crippen LogP contribution in [0.15, 0.2) is 30.3 Å². The molecule has 6 heteroatoms. The topological polar surface area (TPSA) is 30.5 Å². The molecule has 27 heavy (non-hydrogen) atoms. The van der Waals surface area contributed by atoms with Crippen molar-refractivity contribution < 1.29 is 13.9 Å². The Morgan fingerprint density at radius 3 is 2.37 bits per heavy atom. The Labute approximate surface area is 170 Å². The van der Waals surface area contributed by atoms with Crippen LogP contribution in [0.2, 0.25) is 10.0 Å². The molecule has 0 radical (unpaired) electrons. The third-order valence-corrected chi connectivity index (χ3v) is 4.73. The van der Waals surface area contributed by atoms with Gasteiger partial charge in [-0.1, -0.05) is 43.1 Å². The zero-order chi connectivity index (χ0) is 19.8. The molecule has 0 unspecified atom stereocenters. The first-order chi connectivity index (χ1) is 12.9. The summed E-state index contributed by atoms with van der Waals surface area (Å²) in [6.45, 7) is 8.60. The minimum atomic E-state index is -0.379. The predicted octanol–water partition coefficient (Wildman–Crippen LogP) is 6.25. The minimum Gasteiger partial charge on any atom is -0.490 e. The van der Waals surface area contributed by atoms with Gasteiger partial charge in [-0.3, -0.25) is 0 Å². The van der Waals surface area contributed by atoms with E-state index in [1.165, 1.54) is 12.1 Å². The average molecular weight is 414 g/mol. The standard InChI is InChI=1S/C21H26Cl2FNO2/c1-4-26-20-9-16(12-25-8-7-14(2)3)19(23)11-21(20)27-13-15-5-6-17(24)10-18(15)22/h5-6,9-11,14,25H,4,7-8,12-13H2,1-3H3. The van der Waals surface area contributed by atoms with Gasteiger partial charge in [-0.25, -0.2) is 4.39 Å². The van der Waals surface area contributed by atoms with E-state index in [-0.39, 0.29) is 12.4 Å². The van der Waals surface area contributed by atoms with E-state index in [4.69, 9.17) is 32.7 Å². The van der Waals surface area contributed by atoms with Gasteiger partial charge in [0.15, 0.2) is 11.5 Å². The summed E-state index contributed by atoms with van der Waals surface area (Å²) in [6.07, 6.45) is 1.11. The van der Waals surface area contributed by atoms with Crippen LogP contribution in [0.4, 0.5) is 4.39 Å². The van der Waals surface area contributed by atoms with Gasteiger partial charge >= 0.3 is 0 Å². The van der Waals surface area contributed by atoms with E-state index in [0.29, 0.717) is 46.2 Å². The van der Waals surface area contributed by atoms with Crippen LogP contribution in [0.1, 0.15) is 38.3 Å². The molecule has 0 heterocycles. The highest BCUT2D eigenvalue weighted by Crippen LogP contribution is 2.34. The lowest BCUT2D eigenvalue weighted by Crippen LogP contribution is -2.16. The van der Waals surface area contributed by atoms with Crippen LogP contribution in [-0.2, 0) is 13.2 Å². The predicted molar refractivity (Wildman–Crippen MR) is 110 cm³/mol.